The second kappa shape index (κ2) is 7.53. The van der Waals surface area contributed by atoms with Crippen molar-refractivity contribution in [3.63, 3.8) is 0 Å². The van der Waals surface area contributed by atoms with Gasteiger partial charge in [-0.1, -0.05) is 32.9 Å². The number of halogens is 2. The van der Waals surface area contributed by atoms with Crippen LogP contribution in [-0.2, 0) is 6.42 Å². The molecule has 1 N–H and O–H groups in total. The summed E-state index contributed by atoms with van der Waals surface area (Å²) in [6.07, 6.45) is 0.757. The van der Waals surface area contributed by atoms with Crippen LogP contribution in [0.25, 0.3) is 0 Å². The number of aliphatic hydroxyl groups is 1. The Bertz CT molecular complexity index is 436. The van der Waals surface area contributed by atoms with Crippen LogP contribution in [0.5, 0.6) is 0 Å². The van der Waals surface area contributed by atoms with Gasteiger partial charge in [-0.15, -0.1) is 0 Å². The monoisotopic (exact) mass is 345 g/mol. The molecular formula is C16H25BrFNO. The molecule has 2 nitrogen and oxygen atoms in total. The van der Waals surface area contributed by atoms with E-state index in [0.29, 0.717) is 10.9 Å². The van der Waals surface area contributed by atoms with E-state index in [9.17, 15) is 9.50 Å². The second-order valence-electron chi connectivity index (χ2n) is 5.32. The van der Waals surface area contributed by atoms with E-state index >= 15 is 0 Å². The highest BCUT2D eigenvalue weighted by Gasteiger charge is 2.36. The van der Waals surface area contributed by atoms with Crippen molar-refractivity contribution in [3.05, 3.63) is 34.1 Å². The summed E-state index contributed by atoms with van der Waals surface area (Å²) in [4.78, 5) is 2.27. The molecule has 1 aromatic carbocycles. The van der Waals surface area contributed by atoms with Crippen LogP contribution in [0.4, 0.5) is 4.39 Å². The molecule has 20 heavy (non-hydrogen) atoms. The summed E-state index contributed by atoms with van der Waals surface area (Å²) in [5, 5.41) is 10.7. The van der Waals surface area contributed by atoms with Crippen LogP contribution in [-0.4, -0.2) is 34.7 Å². The lowest BCUT2D eigenvalue weighted by atomic mass is 9.85. The van der Waals surface area contributed by atoms with Gasteiger partial charge in [0.25, 0.3) is 0 Å². The lowest BCUT2D eigenvalue weighted by Crippen LogP contribution is -2.54. The van der Waals surface area contributed by atoms with Crippen LogP contribution in [0, 0.1) is 5.82 Å². The van der Waals surface area contributed by atoms with Crippen LogP contribution in [0.1, 0.15) is 39.7 Å². The summed E-state index contributed by atoms with van der Waals surface area (Å²) in [6.45, 7) is 10.1. The lowest BCUT2D eigenvalue weighted by molar-refractivity contribution is -0.0191. The van der Waals surface area contributed by atoms with E-state index in [-0.39, 0.29) is 11.4 Å². The Morgan fingerprint density at radius 3 is 2.40 bits per heavy atom. The molecule has 0 fully saturated rings. The largest absolute Gasteiger partial charge is 0.391 e. The molecule has 0 radical (unpaired) electrons. The van der Waals surface area contributed by atoms with Gasteiger partial charge in [0.15, 0.2) is 0 Å². The average molecular weight is 346 g/mol. The van der Waals surface area contributed by atoms with E-state index in [0.717, 1.165) is 25.1 Å². The summed E-state index contributed by atoms with van der Waals surface area (Å²) in [6, 6.07) is 4.96. The maximum Gasteiger partial charge on any atom is 0.137 e. The molecule has 0 aliphatic rings. The number of benzene rings is 1. The Kier molecular flexibility index (Phi) is 6.62. The summed E-state index contributed by atoms with van der Waals surface area (Å²) in [5.74, 6) is -0.282. The van der Waals surface area contributed by atoms with Crippen molar-refractivity contribution >= 4 is 15.9 Å². The second-order valence-corrected chi connectivity index (χ2v) is 6.11. The number of aliphatic hydroxyl groups excluding tert-OH is 1. The fraction of sp³-hybridized carbons (Fsp3) is 0.625. The number of likely N-dealkylation sites (N-methyl/N-ethyl adjacent to an activating group) is 1. The van der Waals surface area contributed by atoms with E-state index < -0.39 is 6.10 Å². The molecule has 0 spiro atoms. The Morgan fingerprint density at radius 2 is 1.90 bits per heavy atom. The van der Waals surface area contributed by atoms with Gasteiger partial charge >= 0.3 is 0 Å². The summed E-state index contributed by atoms with van der Waals surface area (Å²) < 4.78 is 14.0. The molecule has 0 aliphatic carbocycles. The third-order valence-corrected chi connectivity index (χ3v) is 5.25. The third-order valence-electron chi connectivity index (χ3n) is 4.36. The Labute approximate surface area is 130 Å². The molecule has 114 valence electrons. The van der Waals surface area contributed by atoms with E-state index in [4.69, 9.17) is 0 Å². The van der Waals surface area contributed by atoms with Gasteiger partial charge in [0.2, 0.25) is 0 Å². The number of rotatable bonds is 7. The first kappa shape index (κ1) is 17.6. The van der Waals surface area contributed by atoms with Crippen molar-refractivity contribution in [2.24, 2.45) is 0 Å². The van der Waals surface area contributed by atoms with Gasteiger partial charge < -0.3 is 5.11 Å². The van der Waals surface area contributed by atoms with Crippen molar-refractivity contribution in [2.45, 2.75) is 52.2 Å². The summed E-state index contributed by atoms with van der Waals surface area (Å²) in [5.41, 5.74) is 0.513. The molecule has 0 saturated heterocycles. The third kappa shape index (κ3) is 3.60. The SMILES string of the molecule is CCN(CC)C(C)(CC)C(O)Cc1cccc(F)c1Br. The van der Waals surface area contributed by atoms with Gasteiger partial charge in [-0.2, -0.15) is 0 Å². The van der Waals surface area contributed by atoms with Crippen molar-refractivity contribution < 1.29 is 9.50 Å². The molecule has 0 bridgehead atoms. The Balaban J connectivity index is 2.97. The molecule has 0 amide bonds. The topological polar surface area (TPSA) is 23.5 Å². The number of nitrogens with zero attached hydrogens (tertiary/aromatic N) is 1. The number of hydrogen-bond acceptors (Lipinski definition) is 2. The van der Waals surface area contributed by atoms with Crippen molar-refractivity contribution in [3.8, 4) is 0 Å². The fourth-order valence-corrected chi connectivity index (χ4v) is 3.18. The molecule has 2 unspecified atom stereocenters. The van der Waals surface area contributed by atoms with Gasteiger partial charge in [-0.25, -0.2) is 4.39 Å². The zero-order valence-electron chi connectivity index (χ0n) is 12.8. The minimum Gasteiger partial charge on any atom is -0.391 e. The Hall–Kier alpha value is -0.450. The molecule has 0 aliphatic heterocycles. The minimum absolute atomic E-state index is 0.282. The molecule has 2 atom stereocenters. The highest BCUT2D eigenvalue weighted by molar-refractivity contribution is 9.10. The molecule has 4 heteroatoms. The zero-order valence-corrected chi connectivity index (χ0v) is 14.4. The van der Waals surface area contributed by atoms with Crippen molar-refractivity contribution in [1.29, 1.82) is 0 Å². The first-order chi connectivity index (χ1) is 9.40. The smallest absolute Gasteiger partial charge is 0.137 e. The fourth-order valence-electron chi connectivity index (χ4n) is 2.75. The van der Waals surface area contributed by atoms with E-state index in [2.05, 4.69) is 48.5 Å². The maximum atomic E-state index is 13.6. The molecule has 0 saturated carbocycles. The molecular weight excluding hydrogens is 321 g/mol. The Morgan fingerprint density at radius 1 is 1.30 bits per heavy atom. The van der Waals surface area contributed by atoms with Crippen LogP contribution in [0.15, 0.2) is 22.7 Å². The predicted molar refractivity (Wildman–Crippen MR) is 85.4 cm³/mol. The lowest BCUT2D eigenvalue weighted by Gasteiger charge is -2.43. The normalized spacial score (nSPS) is 16.2. The highest BCUT2D eigenvalue weighted by Crippen LogP contribution is 2.29. The molecule has 1 rings (SSSR count). The maximum absolute atomic E-state index is 13.6. The summed E-state index contributed by atoms with van der Waals surface area (Å²) >= 11 is 3.27. The first-order valence-electron chi connectivity index (χ1n) is 7.26. The van der Waals surface area contributed by atoms with Crippen molar-refractivity contribution in [2.75, 3.05) is 13.1 Å². The van der Waals surface area contributed by atoms with Crippen LogP contribution in [0.3, 0.4) is 0 Å². The average Bonchev–Trinajstić information content (AvgIpc) is 2.44. The van der Waals surface area contributed by atoms with Gasteiger partial charge in [0.1, 0.15) is 5.82 Å². The number of hydrogen-bond donors (Lipinski definition) is 1. The van der Waals surface area contributed by atoms with Gasteiger partial charge in [-0.3, -0.25) is 4.90 Å². The van der Waals surface area contributed by atoms with Gasteiger partial charge in [0, 0.05) is 12.0 Å². The molecule has 0 heterocycles. The molecule has 1 aromatic rings. The predicted octanol–water partition coefficient (Wildman–Crippen LogP) is 4.00. The van der Waals surface area contributed by atoms with Crippen LogP contribution < -0.4 is 0 Å². The summed E-state index contributed by atoms with van der Waals surface area (Å²) in [7, 11) is 0. The van der Waals surface area contributed by atoms with E-state index in [1.807, 2.05) is 6.07 Å². The van der Waals surface area contributed by atoms with E-state index in [1.165, 1.54) is 6.07 Å². The quantitative estimate of drug-likeness (QED) is 0.807. The first-order valence-corrected chi connectivity index (χ1v) is 8.05. The van der Waals surface area contributed by atoms with E-state index in [1.54, 1.807) is 6.07 Å². The van der Waals surface area contributed by atoms with Gasteiger partial charge in [-0.05, 0) is 54.0 Å². The standard InChI is InChI=1S/C16H25BrFNO/c1-5-16(4,19(6-2)7-3)14(20)11-12-9-8-10-13(18)15(12)17/h8-10,14,20H,5-7,11H2,1-4H3. The van der Waals surface area contributed by atoms with Gasteiger partial charge in [0.05, 0.1) is 10.6 Å². The van der Waals surface area contributed by atoms with Crippen molar-refractivity contribution in [1.82, 2.24) is 4.90 Å². The molecule has 0 aromatic heterocycles. The minimum atomic E-state index is -0.537. The highest BCUT2D eigenvalue weighted by atomic mass is 79.9. The van der Waals surface area contributed by atoms with Crippen LogP contribution in [0.2, 0.25) is 0 Å². The van der Waals surface area contributed by atoms with Crippen LogP contribution >= 0.6 is 15.9 Å². The zero-order chi connectivity index (χ0) is 15.3.